The summed E-state index contributed by atoms with van der Waals surface area (Å²) in [7, 11) is 0. The van der Waals surface area contributed by atoms with Crippen LogP contribution < -0.4 is 5.32 Å². The molecule has 1 aromatic carbocycles. The van der Waals surface area contributed by atoms with Crippen LogP contribution in [-0.4, -0.2) is 18.3 Å². The van der Waals surface area contributed by atoms with E-state index in [2.05, 4.69) is 49.5 Å². The Morgan fingerprint density at radius 2 is 1.57 bits per heavy atom. The molecule has 0 aromatic heterocycles. The van der Waals surface area contributed by atoms with Crippen LogP contribution >= 0.6 is 11.8 Å². The quantitative estimate of drug-likeness (QED) is 0.360. The van der Waals surface area contributed by atoms with Gasteiger partial charge >= 0.3 is 0 Å². The van der Waals surface area contributed by atoms with E-state index >= 15 is 0 Å². The summed E-state index contributed by atoms with van der Waals surface area (Å²) >= 11 is 1.98. The summed E-state index contributed by atoms with van der Waals surface area (Å²) < 4.78 is 0. The van der Waals surface area contributed by atoms with E-state index in [1.807, 2.05) is 11.8 Å². The van der Waals surface area contributed by atoms with Crippen molar-refractivity contribution in [2.24, 2.45) is 0 Å². The van der Waals surface area contributed by atoms with Gasteiger partial charge < -0.3 is 5.32 Å². The molecule has 21 heavy (non-hydrogen) atoms. The lowest BCUT2D eigenvalue weighted by Gasteiger charge is -2.17. The molecule has 1 atom stereocenters. The number of rotatable bonds is 13. The summed E-state index contributed by atoms with van der Waals surface area (Å²) in [4.78, 5) is 1.39. The minimum Gasteiger partial charge on any atom is -0.313 e. The SMILES string of the molecule is CCCCCCCCCC(CSc1ccccc1)NCC. The van der Waals surface area contributed by atoms with Gasteiger partial charge in [-0.05, 0) is 25.1 Å². The first-order valence-corrected chi connectivity index (χ1v) is 9.76. The number of hydrogen-bond donors (Lipinski definition) is 1. The van der Waals surface area contributed by atoms with Crippen LogP contribution in [0.3, 0.4) is 0 Å². The molecule has 1 rings (SSSR count). The lowest BCUT2D eigenvalue weighted by atomic mass is 10.1. The summed E-state index contributed by atoms with van der Waals surface area (Å²) in [5, 5.41) is 3.64. The average molecular weight is 308 g/mol. The Morgan fingerprint density at radius 1 is 0.905 bits per heavy atom. The Kier molecular flexibility index (Phi) is 11.7. The van der Waals surface area contributed by atoms with Crippen molar-refractivity contribution in [3.63, 3.8) is 0 Å². The number of thioether (sulfide) groups is 1. The zero-order valence-corrected chi connectivity index (χ0v) is 14.8. The first-order chi connectivity index (χ1) is 10.4. The molecular weight excluding hydrogens is 274 g/mol. The van der Waals surface area contributed by atoms with E-state index in [4.69, 9.17) is 0 Å². The molecule has 0 aliphatic carbocycles. The normalized spacial score (nSPS) is 12.5. The zero-order valence-electron chi connectivity index (χ0n) is 13.9. The van der Waals surface area contributed by atoms with Gasteiger partial charge in [0.2, 0.25) is 0 Å². The molecule has 1 nitrogen and oxygen atoms in total. The highest BCUT2D eigenvalue weighted by Crippen LogP contribution is 2.20. The first kappa shape index (κ1) is 18.6. The lowest BCUT2D eigenvalue weighted by molar-refractivity contribution is 0.492. The molecule has 1 unspecified atom stereocenters. The van der Waals surface area contributed by atoms with Gasteiger partial charge in [-0.15, -0.1) is 11.8 Å². The Hall–Kier alpha value is -0.470. The third kappa shape index (κ3) is 9.97. The van der Waals surface area contributed by atoms with Gasteiger partial charge in [0.1, 0.15) is 0 Å². The summed E-state index contributed by atoms with van der Waals surface area (Å²) in [6.45, 7) is 5.58. The van der Waals surface area contributed by atoms with Crippen LogP contribution in [0.5, 0.6) is 0 Å². The fourth-order valence-corrected chi connectivity index (χ4v) is 3.62. The number of hydrogen-bond acceptors (Lipinski definition) is 2. The van der Waals surface area contributed by atoms with Crippen LogP contribution in [0.15, 0.2) is 35.2 Å². The molecule has 0 heterocycles. The molecule has 120 valence electrons. The third-order valence-electron chi connectivity index (χ3n) is 3.84. The third-order valence-corrected chi connectivity index (χ3v) is 5.02. The Bertz CT molecular complexity index is 326. The van der Waals surface area contributed by atoms with Gasteiger partial charge in [-0.2, -0.15) is 0 Å². The maximum atomic E-state index is 3.64. The van der Waals surface area contributed by atoms with E-state index in [0.29, 0.717) is 6.04 Å². The second-order valence-electron chi connectivity index (χ2n) is 5.79. The summed E-state index contributed by atoms with van der Waals surface area (Å²) in [6.07, 6.45) is 11.1. The summed E-state index contributed by atoms with van der Waals surface area (Å²) in [5.74, 6) is 1.19. The minimum atomic E-state index is 0.663. The van der Waals surface area contributed by atoms with Crippen LogP contribution in [-0.2, 0) is 0 Å². The van der Waals surface area contributed by atoms with Crippen molar-refractivity contribution >= 4 is 11.8 Å². The van der Waals surface area contributed by atoms with Crippen LogP contribution in [0.1, 0.15) is 65.2 Å². The van der Waals surface area contributed by atoms with Crippen molar-refractivity contribution in [2.75, 3.05) is 12.3 Å². The fraction of sp³-hybridized carbons (Fsp3) is 0.684. The van der Waals surface area contributed by atoms with Gasteiger partial charge in [0.05, 0.1) is 0 Å². The molecule has 0 aliphatic heterocycles. The Morgan fingerprint density at radius 3 is 2.24 bits per heavy atom. The number of nitrogens with one attached hydrogen (secondary N) is 1. The number of unbranched alkanes of at least 4 members (excludes halogenated alkanes) is 6. The standard InChI is InChI=1S/C19H33NS/c1-3-5-6-7-8-9-11-14-18(20-4-2)17-21-19-15-12-10-13-16-19/h10,12-13,15-16,18,20H,3-9,11,14,17H2,1-2H3. The van der Waals surface area contributed by atoms with Crippen LogP contribution in [0, 0.1) is 0 Å². The van der Waals surface area contributed by atoms with E-state index < -0.39 is 0 Å². The van der Waals surface area contributed by atoms with E-state index in [-0.39, 0.29) is 0 Å². The van der Waals surface area contributed by atoms with Crippen LogP contribution in [0.4, 0.5) is 0 Å². The molecule has 0 radical (unpaired) electrons. The van der Waals surface area contributed by atoms with E-state index in [1.165, 1.54) is 62.0 Å². The fourth-order valence-electron chi connectivity index (χ4n) is 2.59. The smallest absolute Gasteiger partial charge is 0.0161 e. The topological polar surface area (TPSA) is 12.0 Å². The molecule has 0 saturated carbocycles. The van der Waals surface area contributed by atoms with Crippen LogP contribution in [0.2, 0.25) is 0 Å². The van der Waals surface area contributed by atoms with Crippen molar-refractivity contribution in [1.82, 2.24) is 5.32 Å². The molecule has 0 spiro atoms. The highest BCUT2D eigenvalue weighted by molar-refractivity contribution is 7.99. The van der Waals surface area contributed by atoms with Gasteiger partial charge in [0.15, 0.2) is 0 Å². The van der Waals surface area contributed by atoms with Crippen molar-refractivity contribution in [3.05, 3.63) is 30.3 Å². The van der Waals surface area contributed by atoms with E-state index in [9.17, 15) is 0 Å². The van der Waals surface area contributed by atoms with Crippen molar-refractivity contribution in [2.45, 2.75) is 76.2 Å². The summed E-state index contributed by atoms with van der Waals surface area (Å²) in [6, 6.07) is 11.4. The van der Waals surface area contributed by atoms with Gasteiger partial charge in [-0.25, -0.2) is 0 Å². The second-order valence-corrected chi connectivity index (χ2v) is 6.88. The Balaban J connectivity index is 2.12. The lowest BCUT2D eigenvalue weighted by Crippen LogP contribution is -2.31. The van der Waals surface area contributed by atoms with Crippen LogP contribution in [0.25, 0.3) is 0 Å². The van der Waals surface area contributed by atoms with E-state index in [1.54, 1.807) is 0 Å². The molecule has 0 aliphatic rings. The predicted octanol–water partition coefficient (Wildman–Crippen LogP) is 5.90. The maximum absolute atomic E-state index is 3.64. The van der Waals surface area contributed by atoms with Gasteiger partial charge in [-0.3, -0.25) is 0 Å². The highest BCUT2D eigenvalue weighted by atomic mass is 32.2. The van der Waals surface area contributed by atoms with Gasteiger partial charge in [0, 0.05) is 16.7 Å². The zero-order chi connectivity index (χ0) is 15.2. The first-order valence-electron chi connectivity index (χ1n) is 8.78. The molecule has 2 heteroatoms. The van der Waals surface area contributed by atoms with Crippen molar-refractivity contribution in [1.29, 1.82) is 0 Å². The Labute approximate surface area is 136 Å². The number of benzene rings is 1. The summed E-state index contributed by atoms with van der Waals surface area (Å²) in [5.41, 5.74) is 0. The molecule has 1 aromatic rings. The average Bonchev–Trinajstić information content (AvgIpc) is 2.52. The van der Waals surface area contributed by atoms with Gasteiger partial charge in [-0.1, -0.05) is 77.0 Å². The van der Waals surface area contributed by atoms with Crippen molar-refractivity contribution in [3.8, 4) is 0 Å². The predicted molar refractivity (Wildman–Crippen MR) is 97.2 cm³/mol. The van der Waals surface area contributed by atoms with E-state index in [0.717, 1.165) is 6.54 Å². The molecule has 0 fully saturated rings. The molecule has 0 saturated heterocycles. The van der Waals surface area contributed by atoms with Crippen molar-refractivity contribution < 1.29 is 0 Å². The molecule has 1 N–H and O–H groups in total. The largest absolute Gasteiger partial charge is 0.313 e. The highest BCUT2D eigenvalue weighted by Gasteiger charge is 2.07. The maximum Gasteiger partial charge on any atom is 0.0161 e. The molecule has 0 amide bonds. The minimum absolute atomic E-state index is 0.663. The second kappa shape index (κ2) is 13.2. The molecule has 0 bridgehead atoms. The molecular formula is C19H33NS. The monoisotopic (exact) mass is 307 g/mol. The van der Waals surface area contributed by atoms with Gasteiger partial charge in [0.25, 0.3) is 0 Å².